The van der Waals surface area contributed by atoms with E-state index in [1.165, 1.54) is 0 Å². The Labute approximate surface area is 125 Å². The minimum atomic E-state index is 0.894. The summed E-state index contributed by atoms with van der Waals surface area (Å²) < 4.78 is 2.09. The third kappa shape index (κ3) is 2.28. The van der Waals surface area contributed by atoms with Crippen LogP contribution >= 0.6 is 11.3 Å². The fraction of sp³-hybridized carbons (Fsp3) is 0. The van der Waals surface area contributed by atoms with E-state index in [1.807, 2.05) is 48.1 Å². The standard InChI is InChI=1S/C16H12N4S/c1-2-8-20-14(11-18-15(20)6-1)12-4-3-5-13(10-12)19-16-17-7-9-21-16/h1-11H,(H,17,19). The first kappa shape index (κ1) is 12.1. The second-order valence-electron chi connectivity index (χ2n) is 4.62. The number of nitrogens with one attached hydrogen (secondary N) is 1. The van der Waals surface area contributed by atoms with E-state index in [2.05, 4.69) is 31.8 Å². The lowest BCUT2D eigenvalue weighted by Crippen LogP contribution is -1.91. The van der Waals surface area contributed by atoms with Crippen molar-refractivity contribution < 1.29 is 0 Å². The largest absolute Gasteiger partial charge is 0.332 e. The minimum absolute atomic E-state index is 0.894. The summed E-state index contributed by atoms with van der Waals surface area (Å²) in [6.07, 6.45) is 5.72. The Kier molecular flexibility index (Phi) is 2.90. The maximum absolute atomic E-state index is 4.43. The van der Waals surface area contributed by atoms with Gasteiger partial charge in [0.25, 0.3) is 0 Å². The van der Waals surface area contributed by atoms with E-state index in [4.69, 9.17) is 0 Å². The number of fused-ring (bicyclic) bond motifs is 1. The number of hydrogen-bond donors (Lipinski definition) is 1. The Hall–Kier alpha value is -2.66. The molecule has 4 aromatic rings. The third-order valence-electron chi connectivity index (χ3n) is 3.26. The van der Waals surface area contributed by atoms with Crippen molar-refractivity contribution in [1.29, 1.82) is 0 Å². The number of imidazole rings is 1. The molecule has 0 atom stereocenters. The van der Waals surface area contributed by atoms with Crippen LogP contribution in [0.2, 0.25) is 0 Å². The van der Waals surface area contributed by atoms with Crippen LogP contribution in [0.3, 0.4) is 0 Å². The lowest BCUT2D eigenvalue weighted by atomic mass is 10.1. The molecule has 3 aromatic heterocycles. The van der Waals surface area contributed by atoms with Crippen molar-refractivity contribution in [1.82, 2.24) is 14.4 Å². The van der Waals surface area contributed by atoms with Gasteiger partial charge in [0.05, 0.1) is 11.9 Å². The molecule has 102 valence electrons. The molecule has 0 saturated carbocycles. The summed E-state index contributed by atoms with van der Waals surface area (Å²) in [5.41, 5.74) is 4.17. The summed E-state index contributed by atoms with van der Waals surface area (Å²) in [6.45, 7) is 0. The first-order valence-corrected chi connectivity index (χ1v) is 7.47. The quantitative estimate of drug-likeness (QED) is 0.615. The van der Waals surface area contributed by atoms with Gasteiger partial charge in [-0.2, -0.15) is 0 Å². The molecular formula is C16H12N4S. The first-order valence-electron chi connectivity index (χ1n) is 6.59. The molecule has 0 bridgehead atoms. The minimum Gasteiger partial charge on any atom is -0.332 e. The van der Waals surface area contributed by atoms with Gasteiger partial charge in [0.1, 0.15) is 5.65 Å². The summed E-state index contributed by atoms with van der Waals surface area (Å²) in [5.74, 6) is 0. The van der Waals surface area contributed by atoms with Crippen LogP contribution in [0.25, 0.3) is 16.9 Å². The summed E-state index contributed by atoms with van der Waals surface area (Å²) in [5, 5.41) is 6.16. The highest BCUT2D eigenvalue weighted by molar-refractivity contribution is 7.13. The van der Waals surface area contributed by atoms with Crippen molar-refractivity contribution in [3.05, 3.63) is 66.4 Å². The van der Waals surface area contributed by atoms with Crippen LogP contribution in [-0.2, 0) is 0 Å². The molecule has 4 rings (SSSR count). The Morgan fingerprint density at radius 1 is 1.05 bits per heavy atom. The highest BCUT2D eigenvalue weighted by atomic mass is 32.1. The van der Waals surface area contributed by atoms with Crippen molar-refractivity contribution in [2.75, 3.05) is 5.32 Å². The van der Waals surface area contributed by atoms with Gasteiger partial charge in [0, 0.05) is 29.0 Å². The van der Waals surface area contributed by atoms with Crippen molar-refractivity contribution in [3.8, 4) is 11.3 Å². The molecule has 0 spiro atoms. The zero-order chi connectivity index (χ0) is 14.1. The molecule has 0 saturated heterocycles. The van der Waals surface area contributed by atoms with Gasteiger partial charge in [-0.1, -0.05) is 18.2 Å². The monoisotopic (exact) mass is 292 g/mol. The second kappa shape index (κ2) is 5.03. The van der Waals surface area contributed by atoms with Gasteiger partial charge in [0.2, 0.25) is 0 Å². The van der Waals surface area contributed by atoms with Crippen molar-refractivity contribution in [2.45, 2.75) is 0 Å². The lowest BCUT2D eigenvalue weighted by molar-refractivity contribution is 1.19. The molecule has 0 aliphatic heterocycles. The number of aromatic nitrogens is 3. The van der Waals surface area contributed by atoms with E-state index in [0.717, 1.165) is 27.7 Å². The van der Waals surface area contributed by atoms with Crippen LogP contribution in [0, 0.1) is 0 Å². The van der Waals surface area contributed by atoms with E-state index >= 15 is 0 Å². The number of pyridine rings is 1. The SMILES string of the molecule is c1cc(Nc2nccs2)cc(-c2cnc3ccccn23)c1. The van der Waals surface area contributed by atoms with Crippen LogP contribution < -0.4 is 5.32 Å². The number of rotatable bonds is 3. The van der Waals surface area contributed by atoms with E-state index in [1.54, 1.807) is 17.5 Å². The molecular weight excluding hydrogens is 280 g/mol. The van der Waals surface area contributed by atoms with E-state index in [0.29, 0.717) is 0 Å². The van der Waals surface area contributed by atoms with E-state index < -0.39 is 0 Å². The first-order chi connectivity index (χ1) is 10.4. The van der Waals surface area contributed by atoms with Crippen LogP contribution in [0.4, 0.5) is 10.8 Å². The molecule has 0 amide bonds. The van der Waals surface area contributed by atoms with Crippen molar-refractivity contribution in [2.24, 2.45) is 0 Å². The average Bonchev–Trinajstić information content (AvgIpc) is 3.16. The van der Waals surface area contributed by atoms with Gasteiger partial charge in [-0.25, -0.2) is 9.97 Å². The summed E-state index contributed by atoms with van der Waals surface area (Å²) in [4.78, 5) is 8.68. The Morgan fingerprint density at radius 2 is 2.05 bits per heavy atom. The summed E-state index contributed by atoms with van der Waals surface area (Å²) >= 11 is 1.58. The predicted octanol–water partition coefficient (Wildman–Crippen LogP) is 4.20. The zero-order valence-corrected chi connectivity index (χ0v) is 11.9. The van der Waals surface area contributed by atoms with Gasteiger partial charge in [-0.15, -0.1) is 11.3 Å². The Bertz CT molecular complexity index is 880. The smallest absolute Gasteiger partial charge is 0.187 e. The highest BCUT2D eigenvalue weighted by Gasteiger charge is 2.06. The van der Waals surface area contributed by atoms with E-state index in [-0.39, 0.29) is 0 Å². The number of hydrogen-bond acceptors (Lipinski definition) is 4. The molecule has 0 aliphatic rings. The van der Waals surface area contributed by atoms with Crippen molar-refractivity contribution in [3.63, 3.8) is 0 Å². The number of nitrogens with zero attached hydrogens (tertiary/aromatic N) is 3. The van der Waals surface area contributed by atoms with Crippen LogP contribution in [-0.4, -0.2) is 14.4 Å². The fourth-order valence-electron chi connectivity index (χ4n) is 2.31. The van der Waals surface area contributed by atoms with Gasteiger partial charge in [0.15, 0.2) is 5.13 Å². The molecule has 1 aromatic carbocycles. The zero-order valence-electron chi connectivity index (χ0n) is 11.1. The van der Waals surface area contributed by atoms with Gasteiger partial charge >= 0.3 is 0 Å². The van der Waals surface area contributed by atoms with Gasteiger partial charge in [-0.3, -0.25) is 4.40 Å². The third-order valence-corrected chi connectivity index (χ3v) is 3.95. The number of thiazole rings is 1. The molecule has 0 fully saturated rings. The molecule has 21 heavy (non-hydrogen) atoms. The Balaban J connectivity index is 1.75. The average molecular weight is 292 g/mol. The fourth-order valence-corrected chi connectivity index (χ4v) is 2.86. The lowest BCUT2D eigenvalue weighted by Gasteiger charge is -2.06. The molecule has 0 unspecified atom stereocenters. The summed E-state index contributed by atoms with van der Waals surface area (Å²) in [6, 6.07) is 14.3. The number of benzene rings is 1. The molecule has 0 aliphatic carbocycles. The van der Waals surface area contributed by atoms with Crippen LogP contribution in [0.1, 0.15) is 0 Å². The van der Waals surface area contributed by atoms with E-state index in [9.17, 15) is 0 Å². The predicted molar refractivity (Wildman–Crippen MR) is 86.0 cm³/mol. The second-order valence-corrected chi connectivity index (χ2v) is 5.51. The molecule has 3 heterocycles. The van der Waals surface area contributed by atoms with Gasteiger partial charge < -0.3 is 5.32 Å². The van der Waals surface area contributed by atoms with Crippen LogP contribution in [0.15, 0.2) is 66.4 Å². The summed E-state index contributed by atoms with van der Waals surface area (Å²) in [7, 11) is 0. The molecule has 0 radical (unpaired) electrons. The Morgan fingerprint density at radius 3 is 2.95 bits per heavy atom. The number of anilines is 2. The molecule has 4 nitrogen and oxygen atoms in total. The maximum atomic E-state index is 4.43. The van der Waals surface area contributed by atoms with Crippen LogP contribution in [0.5, 0.6) is 0 Å². The molecule has 5 heteroatoms. The van der Waals surface area contributed by atoms with Crippen molar-refractivity contribution >= 4 is 27.8 Å². The van der Waals surface area contributed by atoms with Gasteiger partial charge in [-0.05, 0) is 24.3 Å². The topological polar surface area (TPSA) is 42.2 Å². The highest BCUT2D eigenvalue weighted by Crippen LogP contribution is 2.26. The maximum Gasteiger partial charge on any atom is 0.187 e. The normalized spacial score (nSPS) is 10.9. The molecule has 1 N–H and O–H groups in total.